The third-order valence-corrected chi connectivity index (χ3v) is 6.08. The van der Waals surface area contributed by atoms with Gasteiger partial charge >= 0.3 is 0 Å². The van der Waals surface area contributed by atoms with E-state index in [1.165, 1.54) is 4.31 Å². The van der Waals surface area contributed by atoms with Gasteiger partial charge in [-0.15, -0.1) is 0 Å². The maximum atomic E-state index is 12.6. The van der Waals surface area contributed by atoms with Crippen LogP contribution in [0.2, 0.25) is 0 Å². The predicted octanol–water partition coefficient (Wildman–Crippen LogP) is -0.352. The maximum absolute atomic E-state index is 12.6. The Balaban J connectivity index is 1.65. The van der Waals surface area contributed by atoms with Gasteiger partial charge in [-0.3, -0.25) is 0 Å². The van der Waals surface area contributed by atoms with Crippen LogP contribution in [0.3, 0.4) is 0 Å². The van der Waals surface area contributed by atoms with E-state index in [4.69, 9.17) is 14.2 Å². The van der Waals surface area contributed by atoms with Crippen molar-refractivity contribution in [2.75, 3.05) is 52.6 Å². The summed E-state index contributed by atoms with van der Waals surface area (Å²) in [5.41, 5.74) is 0. The van der Waals surface area contributed by atoms with Gasteiger partial charge in [-0.25, -0.2) is 0 Å². The molecule has 3 heterocycles. The van der Waals surface area contributed by atoms with Crippen molar-refractivity contribution in [3.05, 3.63) is 0 Å². The van der Waals surface area contributed by atoms with Gasteiger partial charge in [0.05, 0.1) is 26.4 Å². The summed E-state index contributed by atoms with van der Waals surface area (Å²) in [5, 5.41) is 0. The van der Waals surface area contributed by atoms with Crippen LogP contribution in [0, 0.1) is 5.92 Å². The lowest BCUT2D eigenvalue weighted by Gasteiger charge is -2.37. The number of hydrogen-bond donors (Lipinski definition) is 0. The molecule has 0 radical (unpaired) electrons. The van der Waals surface area contributed by atoms with E-state index in [1.54, 1.807) is 4.31 Å². The van der Waals surface area contributed by atoms with Gasteiger partial charge in [0.25, 0.3) is 10.2 Å². The number of ether oxygens (including phenoxy) is 3. The highest BCUT2D eigenvalue weighted by Crippen LogP contribution is 2.27. The summed E-state index contributed by atoms with van der Waals surface area (Å²) in [6.45, 7) is 4.14. The van der Waals surface area contributed by atoms with Gasteiger partial charge < -0.3 is 14.2 Å². The highest BCUT2D eigenvalue weighted by molar-refractivity contribution is 7.86. The van der Waals surface area contributed by atoms with Crippen LogP contribution < -0.4 is 0 Å². The number of morpholine rings is 1. The molecule has 20 heavy (non-hydrogen) atoms. The van der Waals surface area contributed by atoms with Gasteiger partial charge in [-0.1, -0.05) is 0 Å². The Hall–Kier alpha value is -0.250. The van der Waals surface area contributed by atoms with Gasteiger partial charge in [0.15, 0.2) is 6.29 Å². The van der Waals surface area contributed by atoms with E-state index >= 15 is 0 Å². The smallest absolute Gasteiger partial charge is 0.282 e. The monoisotopic (exact) mass is 306 g/mol. The highest BCUT2D eigenvalue weighted by atomic mass is 32.2. The second-order valence-corrected chi connectivity index (χ2v) is 7.32. The number of nitrogens with zero attached hydrogens (tertiary/aromatic N) is 2. The zero-order valence-electron chi connectivity index (χ0n) is 11.6. The molecule has 3 aliphatic heterocycles. The molecule has 3 fully saturated rings. The summed E-state index contributed by atoms with van der Waals surface area (Å²) in [5.74, 6) is 0.141. The first kappa shape index (κ1) is 14.7. The molecule has 0 aromatic carbocycles. The van der Waals surface area contributed by atoms with E-state index in [0.29, 0.717) is 52.6 Å². The fourth-order valence-corrected chi connectivity index (χ4v) is 4.67. The fraction of sp³-hybridized carbons (Fsp3) is 1.00. The molecule has 0 N–H and O–H groups in total. The molecule has 0 amide bonds. The number of piperidine rings is 1. The van der Waals surface area contributed by atoms with E-state index in [1.807, 2.05) is 0 Å². The topological polar surface area (TPSA) is 68.3 Å². The number of rotatable bonds is 3. The number of hydrogen-bond acceptors (Lipinski definition) is 5. The van der Waals surface area contributed by atoms with Crippen LogP contribution in [0.5, 0.6) is 0 Å². The minimum atomic E-state index is -3.37. The SMILES string of the molecule is O=S(=O)(N1CCOCC1)N1CCCC(C2OCCO2)C1. The second kappa shape index (κ2) is 6.25. The fourth-order valence-electron chi connectivity index (χ4n) is 3.00. The average molecular weight is 306 g/mol. The third kappa shape index (κ3) is 3.00. The van der Waals surface area contributed by atoms with Crippen molar-refractivity contribution >= 4 is 10.2 Å². The Morgan fingerprint density at radius 1 is 0.900 bits per heavy atom. The summed E-state index contributed by atoms with van der Waals surface area (Å²) < 4.78 is 44.6. The Labute approximate surface area is 119 Å². The van der Waals surface area contributed by atoms with Gasteiger partial charge in [0, 0.05) is 32.1 Å². The van der Waals surface area contributed by atoms with Crippen LogP contribution in [0.4, 0.5) is 0 Å². The first-order valence-electron chi connectivity index (χ1n) is 7.24. The Bertz CT molecular complexity index is 418. The van der Waals surface area contributed by atoms with E-state index in [-0.39, 0.29) is 12.2 Å². The Morgan fingerprint density at radius 2 is 1.60 bits per heavy atom. The zero-order valence-corrected chi connectivity index (χ0v) is 12.4. The summed E-state index contributed by atoms with van der Waals surface area (Å²) in [6, 6.07) is 0. The van der Waals surface area contributed by atoms with Crippen molar-refractivity contribution in [2.24, 2.45) is 5.92 Å². The Kier molecular flexibility index (Phi) is 4.58. The van der Waals surface area contributed by atoms with Crippen LogP contribution in [-0.2, 0) is 24.4 Å². The average Bonchev–Trinajstić information content (AvgIpc) is 3.03. The molecule has 0 spiro atoms. The lowest BCUT2D eigenvalue weighted by molar-refractivity contribution is -0.0944. The molecule has 7 nitrogen and oxygen atoms in total. The van der Waals surface area contributed by atoms with E-state index in [9.17, 15) is 8.42 Å². The summed E-state index contributed by atoms with van der Waals surface area (Å²) >= 11 is 0. The van der Waals surface area contributed by atoms with Crippen molar-refractivity contribution in [1.29, 1.82) is 0 Å². The predicted molar refractivity (Wildman–Crippen MR) is 71.3 cm³/mol. The van der Waals surface area contributed by atoms with E-state index in [2.05, 4.69) is 0 Å². The van der Waals surface area contributed by atoms with Crippen molar-refractivity contribution in [3.63, 3.8) is 0 Å². The van der Waals surface area contributed by atoms with Gasteiger partial charge in [0.1, 0.15) is 0 Å². The second-order valence-electron chi connectivity index (χ2n) is 5.39. The summed E-state index contributed by atoms with van der Waals surface area (Å²) in [7, 11) is -3.37. The van der Waals surface area contributed by atoms with Gasteiger partial charge in [-0.2, -0.15) is 17.0 Å². The van der Waals surface area contributed by atoms with E-state index in [0.717, 1.165) is 12.8 Å². The quantitative estimate of drug-likeness (QED) is 0.713. The molecular formula is C12H22N2O5S. The molecule has 0 bridgehead atoms. The maximum Gasteiger partial charge on any atom is 0.282 e. The highest BCUT2D eigenvalue weighted by Gasteiger charge is 2.38. The zero-order chi connectivity index (χ0) is 14.0. The van der Waals surface area contributed by atoms with E-state index < -0.39 is 10.2 Å². The molecule has 3 aliphatic rings. The Morgan fingerprint density at radius 3 is 2.30 bits per heavy atom. The molecule has 0 aromatic heterocycles. The molecule has 116 valence electrons. The van der Waals surface area contributed by atoms with Crippen molar-refractivity contribution in [3.8, 4) is 0 Å². The third-order valence-electron chi connectivity index (χ3n) is 4.08. The molecular weight excluding hydrogens is 284 g/mol. The minimum Gasteiger partial charge on any atom is -0.379 e. The van der Waals surface area contributed by atoms with Crippen molar-refractivity contribution in [2.45, 2.75) is 19.1 Å². The normalized spacial score (nSPS) is 31.7. The first-order valence-corrected chi connectivity index (χ1v) is 8.64. The van der Waals surface area contributed by atoms with Gasteiger partial charge in [0.2, 0.25) is 0 Å². The van der Waals surface area contributed by atoms with Crippen LogP contribution >= 0.6 is 0 Å². The molecule has 0 aromatic rings. The van der Waals surface area contributed by atoms with Crippen LogP contribution in [0.25, 0.3) is 0 Å². The molecule has 0 aliphatic carbocycles. The van der Waals surface area contributed by atoms with Gasteiger partial charge in [-0.05, 0) is 12.8 Å². The molecule has 3 rings (SSSR count). The van der Waals surface area contributed by atoms with Crippen LogP contribution in [-0.4, -0.2) is 75.9 Å². The molecule has 8 heteroatoms. The van der Waals surface area contributed by atoms with Crippen molar-refractivity contribution < 1.29 is 22.6 Å². The largest absolute Gasteiger partial charge is 0.379 e. The van der Waals surface area contributed by atoms with Crippen molar-refractivity contribution in [1.82, 2.24) is 8.61 Å². The lowest BCUT2D eigenvalue weighted by Crippen LogP contribution is -2.52. The van der Waals surface area contributed by atoms with Crippen LogP contribution in [0.15, 0.2) is 0 Å². The minimum absolute atomic E-state index is 0.141. The lowest BCUT2D eigenvalue weighted by atomic mass is 9.99. The molecule has 0 saturated carbocycles. The van der Waals surface area contributed by atoms with Crippen LogP contribution in [0.1, 0.15) is 12.8 Å². The molecule has 1 unspecified atom stereocenters. The summed E-state index contributed by atoms with van der Waals surface area (Å²) in [4.78, 5) is 0. The molecule has 1 atom stereocenters. The standard InChI is InChI=1S/C12H22N2O5S/c15-20(16,13-4-6-17-7-5-13)14-3-1-2-11(10-14)12-18-8-9-19-12/h11-12H,1-10H2. The first-order chi connectivity index (χ1) is 9.68. The molecule has 3 saturated heterocycles. The summed E-state index contributed by atoms with van der Waals surface area (Å²) in [6.07, 6.45) is 1.58.